The first-order valence-corrected chi connectivity index (χ1v) is 5.92. The number of nitrogens with one attached hydrogen (secondary N) is 1. The van der Waals surface area contributed by atoms with Crippen molar-refractivity contribution in [2.75, 3.05) is 25.0 Å². The van der Waals surface area contributed by atoms with E-state index in [-0.39, 0.29) is 11.6 Å². The van der Waals surface area contributed by atoms with Crippen molar-refractivity contribution in [2.45, 2.75) is 12.8 Å². The lowest BCUT2D eigenvalue weighted by Gasteiger charge is -2.13. The van der Waals surface area contributed by atoms with Crippen molar-refractivity contribution in [1.29, 1.82) is 0 Å². The Kier molecular flexibility index (Phi) is 3.88. The van der Waals surface area contributed by atoms with E-state index in [1.54, 1.807) is 12.1 Å². The lowest BCUT2D eigenvalue weighted by atomic mass is 10.3. The molecule has 0 aromatic heterocycles. The highest BCUT2D eigenvalue weighted by molar-refractivity contribution is 5.92. The van der Waals surface area contributed by atoms with Gasteiger partial charge < -0.3 is 5.32 Å². The zero-order valence-corrected chi connectivity index (χ0v) is 9.96. The number of carbonyl (C=O) groups is 1. The van der Waals surface area contributed by atoms with Crippen LogP contribution in [0.1, 0.15) is 12.8 Å². The van der Waals surface area contributed by atoms with Gasteiger partial charge in [-0.1, -0.05) is 6.07 Å². The van der Waals surface area contributed by atoms with Crippen LogP contribution in [0.5, 0.6) is 0 Å². The molecule has 1 aliphatic heterocycles. The third kappa shape index (κ3) is 3.27. The molecule has 0 bridgehead atoms. The Morgan fingerprint density at radius 1 is 1.39 bits per heavy atom. The van der Waals surface area contributed by atoms with Crippen LogP contribution in [-0.4, -0.2) is 35.4 Å². The van der Waals surface area contributed by atoms with Crippen molar-refractivity contribution in [3.05, 3.63) is 34.4 Å². The van der Waals surface area contributed by atoms with Crippen LogP contribution >= 0.6 is 0 Å². The molecular weight excluding hydrogens is 234 g/mol. The van der Waals surface area contributed by atoms with Gasteiger partial charge in [-0.2, -0.15) is 0 Å². The van der Waals surface area contributed by atoms with E-state index in [0.717, 1.165) is 25.9 Å². The molecule has 1 amide bonds. The molecule has 6 nitrogen and oxygen atoms in total. The Labute approximate surface area is 105 Å². The number of anilines is 1. The Morgan fingerprint density at radius 3 is 2.78 bits per heavy atom. The summed E-state index contributed by atoms with van der Waals surface area (Å²) < 4.78 is 0. The molecule has 6 heteroatoms. The van der Waals surface area contributed by atoms with Crippen molar-refractivity contribution in [3.63, 3.8) is 0 Å². The van der Waals surface area contributed by atoms with Gasteiger partial charge in [0, 0.05) is 17.8 Å². The van der Waals surface area contributed by atoms with Crippen molar-refractivity contribution < 1.29 is 9.72 Å². The van der Waals surface area contributed by atoms with Crippen LogP contribution in [0, 0.1) is 10.1 Å². The maximum Gasteiger partial charge on any atom is 0.271 e. The summed E-state index contributed by atoms with van der Waals surface area (Å²) in [7, 11) is 0. The Morgan fingerprint density at radius 2 is 2.11 bits per heavy atom. The maximum atomic E-state index is 11.7. The van der Waals surface area contributed by atoms with Crippen LogP contribution in [0.2, 0.25) is 0 Å². The minimum absolute atomic E-state index is 0.0195. The molecule has 1 fully saturated rings. The van der Waals surface area contributed by atoms with Crippen molar-refractivity contribution in [1.82, 2.24) is 4.90 Å². The van der Waals surface area contributed by atoms with E-state index in [2.05, 4.69) is 10.2 Å². The molecule has 1 aromatic rings. The summed E-state index contributed by atoms with van der Waals surface area (Å²) in [5.41, 5.74) is 0.447. The molecule has 18 heavy (non-hydrogen) atoms. The number of rotatable bonds is 4. The maximum absolute atomic E-state index is 11.7. The lowest BCUT2D eigenvalue weighted by Crippen LogP contribution is -2.30. The van der Waals surface area contributed by atoms with Crippen LogP contribution in [0.3, 0.4) is 0 Å². The highest BCUT2D eigenvalue weighted by Crippen LogP contribution is 2.17. The summed E-state index contributed by atoms with van der Waals surface area (Å²) in [5, 5.41) is 13.3. The largest absolute Gasteiger partial charge is 0.325 e. The van der Waals surface area contributed by atoms with E-state index in [9.17, 15) is 14.9 Å². The van der Waals surface area contributed by atoms with Gasteiger partial charge in [-0.15, -0.1) is 0 Å². The predicted octanol–water partition coefficient (Wildman–Crippen LogP) is 1.63. The fourth-order valence-electron chi connectivity index (χ4n) is 2.04. The number of carbonyl (C=O) groups excluding carboxylic acids is 1. The van der Waals surface area contributed by atoms with Crippen molar-refractivity contribution >= 4 is 17.3 Å². The second-order valence-corrected chi connectivity index (χ2v) is 4.34. The normalized spacial score (nSPS) is 15.6. The van der Waals surface area contributed by atoms with Crippen LogP contribution in [0.15, 0.2) is 24.3 Å². The number of nitro groups is 1. The number of benzene rings is 1. The highest BCUT2D eigenvalue weighted by Gasteiger charge is 2.15. The molecule has 1 aliphatic rings. The van der Waals surface area contributed by atoms with Crippen LogP contribution < -0.4 is 5.32 Å². The van der Waals surface area contributed by atoms with Gasteiger partial charge in [0.15, 0.2) is 0 Å². The number of hydrogen-bond acceptors (Lipinski definition) is 4. The first-order valence-electron chi connectivity index (χ1n) is 5.92. The first-order chi connectivity index (χ1) is 8.65. The number of likely N-dealkylation sites (tertiary alicyclic amines) is 1. The van der Waals surface area contributed by atoms with Gasteiger partial charge in [0.1, 0.15) is 0 Å². The highest BCUT2D eigenvalue weighted by atomic mass is 16.6. The smallest absolute Gasteiger partial charge is 0.271 e. The SMILES string of the molecule is O=C(CN1CCCC1)Nc1cccc([N+](=O)[O-])c1. The summed E-state index contributed by atoms with van der Waals surface area (Å²) in [5.74, 6) is -0.127. The number of hydrogen-bond donors (Lipinski definition) is 1. The minimum atomic E-state index is -0.476. The van der Waals surface area contributed by atoms with Crippen LogP contribution in [0.25, 0.3) is 0 Å². The van der Waals surface area contributed by atoms with Gasteiger partial charge in [-0.25, -0.2) is 0 Å². The molecule has 1 heterocycles. The zero-order valence-electron chi connectivity index (χ0n) is 9.96. The molecule has 0 spiro atoms. The van der Waals surface area contributed by atoms with Gasteiger partial charge >= 0.3 is 0 Å². The molecule has 0 radical (unpaired) electrons. The fraction of sp³-hybridized carbons (Fsp3) is 0.417. The van der Waals surface area contributed by atoms with Gasteiger partial charge in [-0.05, 0) is 32.0 Å². The molecule has 0 atom stereocenters. The van der Waals surface area contributed by atoms with Gasteiger partial charge in [0.2, 0.25) is 5.91 Å². The van der Waals surface area contributed by atoms with Crippen LogP contribution in [0.4, 0.5) is 11.4 Å². The summed E-state index contributed by atoms with van der Waals surface area (Å²) in [4.78, 5) is 23.9. The van der Waals surface area contributed by atoms with E-state index in [4.69, 9.17) is 0 Å². The second kappa shape index (κ2) is 5.59. The standard InChI is InChI=1S/C12H15N3O3/c16-12(9-14-6-1-2-7-14)13-10-4-3-5-11(8-10)15(17)18/h3-5,8H,1-2,6-7,9H2,(H,13,16). The minimum Gasteiger partial charge on any atom is -0.325 e. The number of nitro benzene ring substituents is 1. The lowest BCUT2D eigenvalue weighted by molar-refractivity contribution is -0.384. The van der Waals surface area contributed by atoms with Gasteiger partial charge in [-0.3, -0.25) is 19.8 Å². The van der Waals surface area contributed by atoms with Crippen LogP contribution in [-0.2, 0) is 4.79 Å². The quantitative estimate of drug-likeness (QED) is 0.650. The third-order valence-electron chi connectivity index (χ3n) is 2.91. The van der Waals surface area contributed by atoms with Gasteiger partial charge in [0.25, 0.3) is 5.69 Å². The van der Waals surface area contributed by atoms with Gasteiger partial charge in [0.05, 0.1) is 11.5 Å². The molecule has 1 saturated heterocycles. The summed E-state index contributed by atoms with van der Waals surface area (Å²) in [6.07, 6.45) is 2.26. The van der Waals surface area contributed by atoms with E-state index in [0.29, 0.717) is 12.2 Å². The van der Waals surface area contributed by atoms with E-state index in [1.807, 2.05) is 0 Å². The van der Waals surface area contributed by atoms with E-state index in [1.165, 1.54) is 12.1 Å². The summed E-state index contributed by atoms with van der Waals surface area (Å²) in [6.45, 7) is 2.24. The molecule has 0 unspecified atom stereocenters. The molecule has 96 valence electrons. The predicted molar refractivity (Wildman–Crippen MR) is 67.4 cm³/mol. The zero-order chi connectivity index (χ0) is 13.0. The summed E-state index contributed by atoms with van der Waals surface area (Å²) >= 11 is 0. The van der Waals surface area contributed by atoms with Crippen molar-refractivity contribution in [3.8, 4) is 0 Å². The number of non-ortho nitro benzene ring substituents is 1. The number of amides is 1. The molecule has 1 N–H and O–H groups in total. The topological polar surface area (TPSA) is 75.5 Å². The molecule has 0 aliphatic carbocycles. The Balaban J connectivity index is 1.93. The molecule has 2 rings (SSSR count). The Bertz CT molecular complexity index is 456. The molecular formula is C12H15N3O3. The first kappa shape index (κ1) is 12.5. The second-order valence-electron chi connectivity index (χ2n) is 4.34. The fourth-order valence-corrected chi connectivity index (χ4v) is 2.04. The molecule has 0 saturated carbocycles. The Hall–Kier alpha value is -1.95. The van der Waals surface area contributed by atoms with E-state index >= 15 is 0 Å². The third-order valence-corrected chi connectivity index (χ3v) is 2.91. The molecule has 1 aromatic carbocycles. The van der Waals surface area contributed by atoms with Crippen molar-refractivity contribution in [2.24, 2.45) is 0 Å². The van der Waals surface area contributed by atoms with E-state index < -0.39 is 4.92 Å². The monoisotopic (exact) mass is 249 g/mol. The average Bonchev–Trinajstić information content (AvgIpc) is 2.82. The average molecular weight is 249 g/mol. The number of nitrogens with zero attached hydrogens (tertiary/aromatic N) is 2. The summed E-state index contributed by atoms with van der Waals surface area (Å²) in [6, 6.07) is 5.97.